The molecule has 0 aromatic carbocycles. The molecule has 0 rings (SSSR count). The average Bonchev–Trinajstić information content (AvgIpc) is 2.58. The number of hydrogen-bond acceptors (Lipinski definition) is 5. The van der Waals surface area contributed by atoms with Gasteiger partial charge in [-0.05, 0) is 12.8 Å². The number of carbonyl (C=O) groups is 4. The number of Topliss-reactive ketones (excluding diaryl/α,β-unsaturated/α-hetero) is 2. The van der Waals surface area contributed by atoms with Gasteiger partial charge < -0.3 is 26.8 Å². The van der Waals surface area contributed by atoms with Crippen molar-refractivity contribution >= 4 is 35.9 Å². The third kappa shape index (κ3) is 8.02. The average molecular weight is 364 g/mol. The molecule has 2 atom stereocenters. The molecule has 11 nitrogen and oxygen atoms in total. The van der Waals surface area contributed by atoms with E-state index < -0.39 is 35.5 Å². The Kier molecular flexibility index (Phi) is 10.6. The van der Waals surface area contributed by atoms with Gasteiger partial charge in [0.2, 0.25) is 17.5 Å². The Hall–Kier alpha value is -3.26. The quantitative estimate of drug-likeness (QED) is 0.184. The van der Waals surface area contributed by atoms with Crippen molar-refractivity contribution in [1.29, 1.82) is 0 Å². The second-order valence-corrected chi connectivity index (χ2v) is 5.24. The molecule has 0 aromatic heterocycles. The largest absolute Gasteiger partial charge is 0.480 e. The van der Waals surface area contributed by atoms with Crippen LogP contribution >= 0.6 is 0 Å². The van der Waals surface area contributed by atoms with Gasteiger partial charge in [0.1, 0.15) is 6.04 Å². The minimum Gasteiger partial charge on any atom is -0.480 e. The summed E-state index contributed by atoms with van der Waals surface area (Å²) in [5, 5.41) is 9.37. The minimum atomic E-state index is -1.35. The van der Waals surface area contributed by atoms with Crippen molar-refractivity contribution in [2.75, 3.05) is 6.54 Å². The van der Waals surface area contributed by atoms with Gasteiger partial charge in [0.25, 0.3) is 0 Å². The van der Waals surface area contributed by atoms with E-state index in [-0.39, 0.29) is 32.2 Å². The van der Waals surface area contributed by atoms with E-state index >= 15 is 0 Å². The summed E-state index contributed by atoms with van der Waals surface area (Å²) >= 11 is 0. The lowest BCUT2D eigenvalue weighted by Crippen LogP contribution is -2.51. The van der Waals surface area contributed by atoms with Crippen LogP contribution < -0.4 is 5.73 Å². The molecule has 26 heavy (non-hydrogen) atoms. The number of aliphatic carboxylic acids is 1. The molecular formula is C15H20N6O5. The van der Waals surface area contributed by atoms with Crippen molar-refractivity contribution in [3.8, 4) is 0 Å². The van der Waals surface area contributed by atoms with Crippen molar-refractivity contribution < 1.29 is 33.9 Å². The second-order valence-electron chi connectivity index (χ2n) is 5.24. The number of amides is 1. The number of carbonyl (C=O) groups excluding carboxylic acids is 3. The van der Waals surface area contributed by atoms with Crippen LogP contribution in [0.4, 0.5) is 0 Å². The van der Waals surface area contributed by atoms with Crippen LogP contribution in [0, 0.1) is 0 Å². The lowest BCUT2D eigenvalue weighted by molar-refractivity contribution is -0.150. The lowest BCUT2D eigenvalue weighted by Gasteiger charge is -2.30. The molecular weight excluding hydrogens is 344 g/mol. The van der Waals surface area contributed by atoms with Crippen LogP contribution in [0.15, 0.2) is 12.7 Å². The predicted molar refractivity (Wildman–Crippen MR) is 89.2 cm³/mol. The van der Waals surface area contributed by atoms with Gasteiger partial charge in [-0.1, -0.05) is 6.08 Å². The van der Waals surface area contributed by atoms with Gasteiger partial charge in [0.15, 0.2) is 0 Å². The summed E-state index contributed by atoms with van der Waals surface area (Å²) in [6.07, 6.45) is 1.89. The Morgan fingerprint density at radius 3 is 2.00 bits per heavy atom. The zero-order valence-electron chi connectivity index (χ0n) is 14.0. The Bertz CT molecular complexity index is 663. The second kappa shape index (κ2) is 12.2. The molecule has 0 aliphatic heterocycles. The molecule has 0 aliphatic rings. The normalized spacial score (nSPS) is 11.9. The molecule has 0 saturated heterocycles. The van der Waals surface area contributed by atoms with Crippen LogP contribution in [-0.2, 0) is 19.2 Å². The highest BCUT2D eigenvalue weighted by atomic mass is 16.4. The molecule has 0 saturated carbocycles. The highest BCUT2D eigenvalue weighted by Crippen LogP contribution is 2.12. The maximum Gasteiger partial charge on any atom is 0.326 e. The van der Waals surface area contributed by atoms with Crippen LogP contribution in [-0.4, -0.2) is 74.1 Å². The fraction of sp³-hybridized carbons (Fsp3) is 0.467. The molecule has 0 spiro atoms. The number of nitrogens with two attached hydrogens (primary N) is 1. The van der Waals surface area contributed by atoms with Crippen molar-refractivity contribution in [3.63, 3.8) is 0 Å². The fourth-order valence-corrected chi connectivity index (χ4v) is 2.09. The number of carboxylic acids is 1. The van der Waals surface area contributed by atoms with Gasteiger partial charge in [-0.25, -0.2) is 4.79 Å². The molecule has 0 unspecified atom stereocenters. The first-order valence-corrected chi connectivity index (χ1v) is 7.58. The first kappa shape index (κ1) is 22.7. The zero-order valence-corrected chi connectivity index (χ0v) is 14.0. The van der Waals surface area contributed by atoms with Crippen molar-refractivity contribution in [1.82, 2.24) is 4.90 Å². The van der Waals surface area contributed by atoms with Gasteiger partial charge in [0.05, 0.1) is 6.04 Å². The summed E-state index contributed by atoms with van der Waals surface area (Å²) < 4.78 is 0. The molecule has 3 N–H and O–H groups in total. The third-order valence-corrected chi connectivity index (χ3v) is 3.36. The van der Waals surface area contributed by atoms with E-state index in [9.17, 15) is 24.3 Å². The molecule has 0 radical (unpaired) electrons. The lowest BCUT2D eigenvalue weighted by atomic mass is 10.0. The summed E-state index contributed by atoms with van der Waals surface area (Å²) in [5.74, 6) is -3.23. The third-order valence-electron chi connectivity index (χ3n) is 3.36. The van der Waals surface area contributed by atoms with E-state index in [0.717, 1.165) is 4.90 Å². The van der Waals surface area contributed by atoms with Crippen LogP contribution in [0.2, 0.25) is 0 Å². The summed E-state index contributed by atoms with van der Waals surface area (Å²) in [6.45, 7) is 3.33. The summed E-state index contributed by atoms with van der Waals surface area (Å²) in [7, 11) is 0. The maximum atomic E-state index is 12.5. The van der Waals surface area contributed by atoms with Crippen LogP contribution in [0.3, 0.4) is 0 Å². The fourth-order valence-electron chi connectivity index (χ4n) is 2.09. The Morgan fingerprint density at radius 1 is 1.08 bits per heavy atom. The number of nitrogens with zero attached hydrogens (tertiary/aromatic N) is 5. The molecule has 0 aliphatic carbocycles. The first-order chi connectivity index (χ1) is 12.3. The van der Waals surface area contributed by atoms with E-state index in [4.69, 9.17) is 16.8 Å². The van der Waals surface area contributed by atoms with E-state index in [1.807, 2.05) is 0 Å². The van der Waals surface area contributed by atoms with Gasteiger partial charge in [-0.2, -0.15) is 9.58 Å². The highest BCUT2D eigenvalue weighted by molar-refractivity contribution is 6.25. The standard InChI is InChI=1S/C15H20N6O5/c1-2-7-21(13(15(25)26)6-4-11(23)9-20-18)14(24)12(16)5-3-10(22)8-19-17/h2,8-9,12-13H,1,3-7,16H2,(H,25,26)/t12-,13-/m0/s1. The molecule has 0 fully saturated rings. The number of carboxylic acid groups (broad SMARTS) is 1. The van der Waals surface area contributed by atoms with Crippen LogP contribution in [0.25, 0.3) is 11.1 Å². The monoisotopic (exact) mass is 364 g/mol. The number of hydrogen-bond donors (Lipinski definition) is 2. The van der Waals surface area contributed by atoms with E-state index in [1.165, 1.54) is 6.08 Å². The smallest absolute Gasteiger partial charge is 0.326 e. The van der Waals surface area contributed by atoms with Gasteiger partial charge >= 0.3 is 18.4 Å². The van der Waals surface area contributed by atoms with Gasteiger partial charge in [0, 0.05) is 19.4 Å². The molecule has 0 heterocycles. The number of rotatable bonds is 13. The Morgan fingerprint density at radius 2 is 1.58 bits per heavy atom. The molecule has 0 bridgehead atoms. The first-order valence-electron chi connectivity index (χ1n) is 7.58. The van der Waals surface area contributed by atoms with Crippen molar-refractivity contribution in [2.45, 2.75) is 37.8 Å². The maximum absolute atomic E-state index is 12.5. The van der Waals surface area contributed by atoms with E-state index in [2.05, 4.69) is 16.2 Å². The summed E-state index contributed by atoms with van der Waals surface area (Å²) in [6, 6.07) is -2.51. The van der Waals surface area contributed by atoms with E-state index in [1.54, 1.807) is 0 Å². The Balaban J connectivity index is 5.18. The number of ketones is 2. The molecule has 1 amide bonds. The van der Waals surface area contributed by atoms with Gasteiger partial charge in [-0.15, -0.1) is 6.58 Å². The zero-order chi connectivity index (χ0) is 20.1. The summed E-state index contributed by atoms with van der Waals surface area (Å²) in [5.41, 5.74) is 22.3. The molecule has 140 valence electrons. The minimum absolute atomic E-state index is 0.0836. The molecule has 0 aromatic rings. The van der Waals surface area contributed by atoms with Crippen LogP contribution in [0.5, 0.6) is 0 Å². The Labute approximate surface area is 149 Å². The van der Waals surface area contributed by atoms with Crippen molar-refractivity contribution in [2.24, 2.45) is 5.73 Å². The highest BCUT2D eigenvalue weighted by Gasteiger charge is 2.32. The van der Waals surface area contributed by atoms with E-state index in [0.29, 0.717) is 12.4 Å². The topological polar surface area (TPSA) is 191 Å². The van der Waals surface area contributed by atoms with Crippen LogP contribution in [0.1, 0.15) is 25.7 Å². The van der Waals surface area contributed by atoms with Crippen molar-refractivity contribution in [3.05, 3.63) is 23.7 Å². The predicted octanol–water partition coefficient (Wildman–Crippen LogP) is -0.919. The summed E-state index contributed by atoms with van der Waals surface area (Å²) in [4.78, 5) is 52.7. The molecule has 11 heteroatoms. The SMILES string of the molecule is C=CCN(C(=O)[C@@H](N)CCC(=O)C=[N+]=[N-])[C@@H](CCC(=O)C=[N+]=[N-])C(=O)O. The van der Waals surface area contributed by atoms with Gasteiger partial charge in [-0.3, -0.25) is 14.4 Å².